The minimum Gasteiger partial charge on any atom is -0.467 e. The molecule has 1 unspecified atom stereocenters. The van der Waals surface area contributed by atoms with Gasteiger partial charge in [0.25, 0.3) is 0 Å². The summed E-state index contributed by atoms with van der Waals surface area (Å²) in [5.41, 5.74) is 3.68. The van der Waals surface area contributed by atoms with Gasteiger partial charge in [0.15, 0.2) is 12.0 Å². The zero-order chi connectivity index (χ0) is 20.6. The van der Waals surface area contributed by atoms with Crippen molar-refractivity contribution in [1.29, 1.82) is 0 Å². The number of hydrogen-bond acceptors (Lipinski definition) is 3. The number of carbonyl (C=O) groups is 1. The Balaban J connectivity index is 1.48. The molecule has 0 aliphatic heterocycles. The quantitative estimate of drug-likeness (QED) is 0.282. The van der Waals surface area contributed by atoms with Gasteiger partial charge in [-0.15, -0.1) is 0 Å². The monoisotopic (exact) mass is 393 g/mol. The predicted octanol–water partition coefficient (Wildman–Crippen LogP) is 6.30. The fourth-order valence-corrected chi connectivity index (χ4v) is 3.23. The Bertz CT molecular complexity index is 1060. The van der Waals surface area contributed by atoms with E-state index >= 15 is 0 Å². The maximum atomic E-state index is 12.6. The molecule has 4 aromatic carbocycles. The zero-order valence-corrected chi connectivity index (χ0v) is 16.6. The van der Waals surface area contributed by atoms with E-state index in [1.807, 2.05) is 115 Å². The van der Waals surface area contributed by atoms with Crippen LogP contribution in [0, 0.1) is 0 Å². The summed E-state index contributed by atoms with van der Waals surface area (Å²) in [7, 11) is 0. The number of Topliss-reactive ketones (excluding diaryl/α,β-unsaturated/α-hetero) is 1. The van der Waals surface area contributed by atoms with E-state index in [1.165, 1.54) is 0 Å². The summed E-state index contributed by atoms with van der Waals surface area (Å²) in [4.78, 5) is 12.6. The van der Waals surface area contributed by atoms with E-state index in [4.69, 9.17) is 4.74 Å². The van der Waals surface area contributed by atoms with Crippen LogP contribution in [0.1, 0.15) is 27.7 Å². The topological polar surface area (TPSA) is 38.3 Å². The molecule has 0 aliphatic rings. The fourth-order valence-electron chi connectivity index (χ4n) is 3.23. The van der Waals surface area contributed by atoms with Gasteiger partial charge in [-0.05, 0) is 42.0 Å². The van der Waals surface area contributed by atoms with Gasteiger partial charge in [0.1, 0.15) is 5.75 Å². The molecular formula is C27H23NO2. The van der Waals surface area contributed by atoms with Crippen molar-refractivity contribution in [3.8, 4) is 5.75 Å². The minimum atomic E-state index is -0.348. The van der Waals surface area contributed by atoms with Crippen molar-refractivity contribution in [2.75, 3.05) is 5.32 Å². The summed E-state index contributed by atoms with van der Waals surface area (Å²) in [5.74, 6) is 0.790. The number of nitrogens with one attached hydrogen (secondary N) is 1. The van der Waals surface area contributed by atoms with Crippen molar-refractivity contribution < 1.29 is 9.53 Å². The Morgan fingerprint density at radius 3 is 1.90 bits per heavy atom. The summed E-state index contributed by atoms with van der Waals surface area (Å²) in [6.45, 7) is 0. The molecule has 0 radical (unpaired) electrons. The van der Waals surface area contributed by atoms with Crippen LogP contribution in [0.3, 0.4) is 0 Å². The van der Waals surface area contributed by atoms with E-state index < -0.39 is 0 Å². The molecule has 0 heterocycles. The molecule has 3 heteroatoms. The molecule has 1 atom stereocenters. The number of anilines is 1. The molecule has 0 bridgehead atoms. The Morgan fingerprint density at radius 1 is 0.700 bits per heavy atom. The van der Waals surface area contributed by atoms with Gasteiger partial charge in [-0.25, -0.2) is 0 Å². The molecule has 148 valence electrons. The summed E-state index contributed by atoms with van der Waals surface area (Å²) >= 11 is 0. The highest BCUT2D eigenvalue weighted by molar-refractivity contribution is 5.97. The van der Waals surface area contributed by atoms with Crippen molar-refractivity contribution >= 4 is 11.5 Å². The summed E-state index contributed by atoms with van der Waals surface area (Å²) in [6.07, 6.45) is 0.0444. The number of hydrogen-bond donors (Lipinski definition) is 1. The van der Waals surface area contributed by atoms with Crippen molar-refractivity contribution in [1.82, 2.24) is 0 Å². The number of ketones is 1. The Kier molecular flexibility index (Phi) is 6.21. The van der Waals surface area contributed by atoms with Crippen LogP contribution >= 0.6 is 0 Å². The highest BCUT2D eigenvalue weighted by Gasteiger charge is 2.14. The third-order valence-electron chi connectivity index (χ3n) is 4.81. The van der Waals surface area contributed by atoms with Gasteiger partial charge in [0.2, 0.25) is 0 Å². The second-order valence-electron chi connectivity index (χ2n) is 7.03. The molecule has 3 nitrogen and oxygen atoms in total. The van der Waals surface area contributed by atoms with Crippen molar-refractivity contribution in [2.45, 2.75) is 12.6 Å². The van der Waals surface area contributed by atoms with Gasteiger partial charge in [0, 0.05) is 23.2 Å². The zero-order valence-electron chi connectivity index (χ0n) is 16.6. The largest absolute Gasteiger partial charge is 0.467 e. The second kappa shape index (κ2) is 9.57. The van der Waals surface area contributed by atoms with Gasteiger partial charge >= 0.3 is 0 Å². The van der Waals surface area contributed by atoms with Gasteiger partial charge < -0.3 is 10.1 Å². The van der Waals surface area contributed by atoms with Gasteiger partial charge in [-0.1, -0.05) is 78.9 Å². The lowest BCUT2D eigenvalue weighted by Gasteiger charge is -2.22. The van der Waals surface area contributed by atoms with Crippen LogP contribution in [-0.2, 0) is 6.42 Å². The van der Waals surface area contributed by atoms with E-state index in [1.54, 1.807) is 0 Å². The van der Waals surface area contributed by atoms with Gasteiger partial charge in [-0.3, -0.25) is 4.79 Å². The van der Waals surface area contributed by atoms with Crippen LogP contribution in [0.25, 0.3) is 0 Å². The normalized spacial score (nSPS) is 11.5. The highest BCUT2D eigenvalue weighted by atomic mass is 16.5. The van der Waals surface area contributed by atoms with E-state index in [-0.39, 0.29) is 12.0 Å². The fraction of sp³-hybridized carbons (Fsp3) is 0.0741. The molecule has 0 saturated carbocycles. The highest BCUT2D eigenvalue weighted by Crippen LogP contribution is 2.24. The van der Waals surface area contributed by atoms with Crippen molar-refractivity contribution in [2.24, 2.45) is 0 Å². The molecular weight excluding hydrogens is 370 g/mol. The van der Waals surface area contributed by atoms with Crippen LogP contribution in [0.4, 0.5) is 5.69 Å². The van der Waals surface area contributed by atoms with E-state index in [0.29, 0.717) is 17.7 Å². The van der Waals surface area contributed by atoms with E-state index in [9.17, 15) is 4.79 Å². The molecule has 0 aromatic heterocycles. The first-order valence-electron chi connectivity index (χ1n) is 9.98. The minimum absolute atomic E-state index is 0.0924. The lowest BCUT2D eigenvalue weighted by molar-refractivity contribution is 0.0993. The lowest BCUT2D eigenvalue weighted by atomic mass is 10.0. The van der Waals surface area contributed by atoms with Crippen LogP contribution in [0.2, 0.25) is 0 Å². The molecule has 4 aromatic rings. The van der Waals surface area contributed by atoms with Gasteiger partial charge in [0.05, 0.1) is 0 Å². The van der Waals surface area contributed by atoms with Gasteiger partial charge in [-0.2, -0.15) is 0 Å². The average molecular weight is 393 g/mol. The predicted molar refractivity (Wildman–Crippen MR) is 121 cm³/mol. The van der Waals surface area contributed by atoms with Crippen LogP contribution in [0.5, 0.6) is 5.75 Å². The molecule has 0 spiro atoms. The van der Waals surface area contributed by atoms with Crippen molar-refractivity contribution in [3.63, 3.8) is 0 Å². The van der Waals surface area contributed by atoms with Crippen molar-refractivity contribution in [3.05, 3.63) is 132 Å². The molecule has 0 amide bonds. The number of ether oxygens (including phenoxy) is 1. The summed E-state index contributed by atoms with van der Waals surface area (Å²) in [6, 6.07) is 37.1. The first-order chi connectivity index (χ1) is 14.8. The molecule has 1 N–H and O–H groups in total. The molecule has 0 fully saturated rings. The van der Waals surface area contributed by atoms with Crippen LogP contribution < -0.4 is 10.1 Å². The number of rotatable bonds is 8. The number of para-hydroxylation sites is 1. The molecule has 4 rings (SSSR count). The number of carbonyl (C=O) groups excluding carboxylic acids is 1. The van der Waals surface area contributed by atoms with E-state index in [2.05, 4.69) is 5.32 Å². The van der Waals surface area contributed by atoms with Crippen LogP contribution in [-0.4, -0.2) is 5.78 Å². The third kappa shape index (κ3) is 5.15. The first kappa shape index (κ1) is 19.5. The lowest BCUT2D eigenvalue weighted by Crippen LogP contribution is -2.17. The molecule has 0 saturated heterocycles. The second-order valence-corrected chi connectivity index (χ2v) is 7.03. The maximum Gasteiger partial charge on any atom is 0.196 e. The average Bonchev–Trinajstić information content (AvgIpc) is 2.81. The number of benzene rings is 4. The SMILES string of the molecule is O=C(Cc1ccccc1)c1ccc(OC(Nc2ccccc2)c2ccccc2)cc1. The Labute approximate surface area is 177 Å². The summed E-state index contributed by atoms with van der Waals surface area (Å²) in [5, 5.41) is 3.42. The Morgan fingerprint density at radius 2 is 1.27 bits per heavy atom. The smallest absolute Gasteiger partial charge is 0.196 e. The molecule has 0 aliphatic carbocycles. The molecule has 30 heavy (non-hydrogen) atoms. The standard InChI is InChI=1S/C27H23NO2/c29-26(20-21-10-4-1-5-11-21)22-16-18-25(19-17-22)30-27(23-12-6-2-7-13-23)28-24-14-8-3-9-15-24/h1-19,27-28H,20H2. The first-order valence-corrected chi connectivity index (χ1v) is 9.98. The maximum absolute atomic E-state index is 12.6. The van der Waals surface area contributed by atoms with E-state index in [0.717, 1.165) is 16.8 Å². The third-order valence-corrected chi connectivity index (χ3v) is 4.81. The van der Waals surface area contributed by atoms with Crippen LogP contribution in [0.15, 0.2) is 115 Å². The summed E-state index contributed by atoms with van der Waals surface area (Å²) < 4.78 is 6.24. The Hall–Kier alpha value is -3.85.